The van der Waals surface area contributed by atoms with Crippen molar-refractivity contribution in [1.29, 1.82) is 0 Å². The second-order valence-electron chi connectivity index (χ2n) is 7.13. The smallest absolute Gasteiger partial charge is 0.249 e. The Balaban J connectivity index is 1.75. The zero-order valence-electron chi connectivity index (χ0n) is 17.1. The number of amides is 1. The predicted molar refractivity (Wildman–Crippen MR) is 120 cm³/mol. The van der Waals surface area contributed by atoms with E-state index < -0.39 is 0 Å². The Labute approximate surface area is 179 Å². The number of ketones is 1. The number of methoxy groups -OCH3 is 1. The van der Waals surface area contributed by atoms with E-state index in [0.29, 0.717) is 11.3 Å². The fraction of sp³-hybridized carbons (Fsp3) is 0.208. The van der Waals surface area contributed by atoms with Gasteiger partial charge in [0.05, 0.1) is 19.4 Å². The molecular formula is C24H22N2O3S. The quantitative estimate of drug-likeness (QED) is 0.576. The Morgan fingerprint density at radius 3 is 2.63 bits per heavy atom. The third kappa shape index (κ3) is 3.66. The van der Waals surface area contributed by atoms with Gasteiger partial charge in [0.15, 0.2) is 5.78 Å². The van der Waals surface area contributed by atoms with Crippen molar-refractivity contribution >= 4 is 33.7 Å². The van der Waals surface area contributed by atoms with Crippen LogP contribution in [0.4, 0.5) is 5.00 Å². The van der Waals surface area contributed by atoms with E-state index in [4.69, 9.17) is 4.74 Å². The van der Waals surface area contributed by atoms with E-state index in [2.05, 4.69) is 4.99 Å². The molecule has 0 atom stereocenters. The molecule has 152 valence electrons. The van der Waals surface area contributed by atoms with E-state index in [1.807, 2.05) is 44.2 Å². The van der Waals surface area contributed by atoms with Gasteiger partial charge in [-0.05, 0) is 31.5 Å². The average molecular weight is 419 g/mol. The first kappa shape index (κ1) is 20.0. The van der Waals surface area contributed by atoms with E-state index in [-0.39, 0.29) is 24.8 Å². The maximum atomic E-state index is 13.0. The van der Waals surface area contributed by atoms with Crippen LogP contribution in [-0.4, -0.2) is 37.6 Å². The Bertz CT molecular complexity index is 1150. The minimum atomic E-state index is -0.181. The van der Waals surface area contributed by atoms with Gasteiger partial charge in [0.2, 0.25) is 5.91 Å². The summed E-state index contributed by atoms with van der Waals surface area (Å²) in [5, 5.41) is 0.784. The van der Waals surface area contributed by atoms with Crippen LogP contribution in [0.2, 0.25) is 0 Å². The van der Waals surface area contributed by atoms with Gasteiger partial charge >= 0.3 is 0 Å². The number of ether oxygens (including phenoxy) is 1. The first-order valence-corrected chi connectivity index (χ1v) is 10.5. The lowest BCUT2D eigenvalue weighted by Gasteiger charge is -2.20. The number of fused-ring (bicyclic) bond motifs is 1. The first-order valence-electron chi connectivity index (χ1n) is 9.67. The fourth-order valence-electron chi connectivity index (χ4n) is 3.53. The Kier molecular flexibility index (Phi) is 5.50. The van der Waals surface area contributed by atoms with Crippen molar-refractivity contribution in [3.8, 4) is 5.75 Å². The highest BCUT2D eigenvalue weighted by atomic mass is 32.1. The molecule has 0 radical (unpaired) electrons. The molecule has 1 aliphatic rings. The molecule has 2 aromatic carbocycles. The number of nitrogens with zero attached hydrogens (tertiary/aromatic N) is 2. The van der Waals surface area contributed by atoms with Crippen molar-refractivity contribution < 1.29 is 14.3 Å². The Morgan fingerprint density at radius 2 is 1.90 bits per heavy atom. The standard InChI is InChI=1S/C24H22N2O3S/c1-15-16(2)30-24-22(15)23(17-8-5-4-6-9-17)25-13-21(28)26(24)14-20(27)18-10-7-11-19(12-18)29-3/h4-12H,13-14H2,1-3H3. The maximum Gasteiger partial charge on any atom is 0.249 e. The summed E-state index contributed by atoms with van der Waals surface area (Å²) >= 11 is 1.53. The lowest BCUT2D eigenvalue weighted by molar-refractivity contribution is -0.117. The average Bonchev–Trinajstić information content (AvgIpc) is 2.99. The van der Waals surface area contributed by atoms with Crippen molar-refractivity contribution in [3.63, 3.8) is 0 Å². The Morgan fingerprint density at radius 1 is 1.13 bits per heavy atom. The van der Waals surface area contributed by atoms with Crippen LogP contribution in [0.25, 0.3) is 0 Å². The maximum absolute atomic E-state index is 13.0. The van der Waals surface area contributed by atoms with Gasteiger partial charge in [0, 0.05) is 21.6 Å². The van der Waals surface area contributed by atoms with Gasteiger partial charge in [-0.1, -0.05) is 42.5 Å². The van der Waals surface area contributed by atoms with Crippen LogP contribution in [0, 0.1) is 13.8 Å². The molecule has 0 fully saturated rings. The molecule has 5 nitrogen and oxygen atoms in total. The van der Waals surface area contributed by atoms with Crippen LogP contribution in [0.1, 0.15) is 31.9 Å². The summed E-state index contributed by atoms with van der Waals surface area (Å²) in [5.41, 5.74) is 4.31. The van der Waals surface area contributed by atoms with Crippen LogP contribution in [0.3, 0.4) is 0 Å². The van der Waals surface area contributed by atoms with Crippen molar-refractivity contribution in [1.82, 2.24) is 0 Å². The molecule has 1 aromatic heterocycles. The number of aliphatic imine (C=N–C) groups is 1. The van der Waals surface area contributed by atoms with Gasteiger partial charge in [-0.2, -0.15) is 0 Å². The molecule has 30 heavy (non-hydrogen) atoms. The van der Waals surface area contributed by atoms with Crippen LogP contribution >= 0.6 is 11.3 Å². The van der Waals surface area contributed by atoms with Crippen molar-refractivity contribution in [2.45, 2.75) is 13.8 Å². The molecule has 0 bridgehead atoms. The zero-order chi connectivity index (χ0) is 21.3. The molecule has 0 N–H and O–H groups in total. The molecule has 2 heterocycles. The van der Waals surface area contributed by atoms with E-state index >= 15 is 0 Å². The van der Waals surface area contributed by atoms with E-state index in [9.17, 15) is 9.59 Å². The van der Waals surface area contributed by atoms with Crippen molar-refractivity contribution in [2.24, 2.45) is 4.99 Å². The molecule has 0 spiro atoms. The number of rotatable bonds is 5. The molecule has 0 saturated carbocycles. The highest BCUT2D eigenvalue weighted by Crippen LogP contribution is 2.38. The van der Waals surface area contributed by atoms with E-state index in [1.54, 1.807) is 36.3 Å². The number of benzene rings is 2. The van der Waals surface area contributed by atoms with Gasteiger partial charge in [-0.15, -0.1) is 11.3 Å². The number of carbonyl (C=O) groups is 2. The molecule has 6 heteroatoms. The molecule has 1 amide bonds. The normalized spacial score (nSPS) is 13.5. The van der Waals surface area contributed by atoms with Crippen molar-refractivity contribution in [3.05, 3.63) is 81.7 Å². The third-order valence-corrected chi connectivity index (χ3v) is 6.49. The topological polar surface area (TPSA) is 59.0 Å². The number of anilines is 1. The summed E-state index contributed by atoms with van der Waals surface area (Å²) in [6.07, 6.45) is 0. The molecule has 0 unspecified atom stereocenters. The van der Waals surface area contributed by atoms with Crippen LogP contribution in [0.15, 0.2) is 59.6 Å². The lowest BCUT2D eigenvalue weighted by Crippen LogP contribution is -2.36. The van der Waals surface area contributed by atoms with Gasteiger partial charge in [0.1, 0.15) is 17.3 Å². The van der Waals surface area contributed by atoms with Gasteiger partial charge < -0.3 is 4.74 Å². The van der Waals surface area contributed by atoms with E-state index in [1.165, 1.54) is 11.3 Å². The SMILES string of the molecule is COc1cccc(C(=O)CN2C(=O)CN=C(c3ccccc3)c3c2sc(C)c3C)c1. The molecule has 1 aliphatic heterocycles. The Hall–Kier alpha value is -3.25. The second-order valence-corrected chi connectivity index (χ2v) is 8.33. The number of Topliss-reactive ketones (excluding diaryl/α,β-unsaturated/α-hetero) is 1. The van der Waals surface area contributed by atoms with Crippen molar-refractivity contribution in [2.75, 3.05) is 25.1 Å². The van der Waals surface area contributed by atoms with Crippen LogP contribution < -0.4 is 9.64 Å². The number of aryl methyl sites for hydroxylation is 1. The number of thiophene rings is 1. The highest BCUT2D eigenvalue weighted by Gasteiger charge is 2.31. The molecule has 4 rings (SSSR count). The molecule has 3 aromatic rings. The summed E-state index contributed by atoms with van der Waals surface area (Å²) in [5.74, 6) is 0.293. The minimum Gasteiger partial charge on any atom is -0.497 e. The van der Waals surface area contributed by atoms with Gasteiger partial charge in [0.25, 0.3) is 0 Å². The lowest BCUT2D eigenvalue weighted by atomic mass is 10.00. The van der Waals surface area contributed by atoms with Gasteiger partial charge in [-0.3, -0.25) is 19.5 Å². The minimum absolute atomic E-state index is 0.00943. The summed E-state index contributed by atoms with van der Waals surface area (Å²) < 4.78 is 5.23. The summed E-state index contributed by atoms with van der Waals surface area (Å²) in [4.78, 5) is 33.4. The monoisotopic (exact) mass is 418 g/mol. The molecular weight excluding hydrogens is 396 g/mol. The van der Waals surface area contributed by atoms with E-state index in [0.717, 1.165) is 32.3 Å². The number of carbonyl (C=O) groups excluding carboxylic acids is 2. The van der Waals surface area contributed by atoms with Crippen LogP contribution in [0.5, 0.6) is 5.75 Å². The summed E-state index contributed by atoms with van der Waals surface area (Å²) in [6, 6.07) is 16.9. The largest absolute Gasteiger partial charge is 0.497 e. The highest BCUT2D eigenvalue weighted by molar-refractivity contribution is 7.17. The summed E-state index contributed by atoms with van der Waals surface area (Å²) in [7, 11) is 1.56. The van der Waals surface area contributed by atoms with Crippen LogP contribution in [-0.2, 0) is 4.79 Å². The summed E-state index contributed by atoms with van der Waals surface area (Å²) in [6.45, 7) is 4.05. The zero-order valence-corrected chi connectivity index (χ0v) is 18.0. The third-order valence-electron chi connectivity index (χ3n) is 5.26. The first-order chi connectivity index (χ1) is 14.5. The molecule has 0 saturated heterocycles. The fourth-order valence-corrected chi connectivity index (χ4v) is 4.70. The van der Waals surface area contributed by atoms with Gasteiger partial charge in [-0.25, -0.2) is 0 Å². The number of hydrogen-bond acceptors (Lipinski definition) is 5. The predicted octanol–water partition coefficient (Wildman–Crippen LogP) is 4.44. The number of hydrogen-bond donors (Lipinski definition) is 0. The second kappa shape index (κ2) is 8.24. The molecule has 0 aliphatic carbocycles.